The van der Waals surface area contributed by atoms with Crippen LogP contribution < -0.4 is 4.90 Å². The molecule has 7 heteroatoms. The Bertz CT molecular complexity index is 1180. The normalized spacial score (nSPS) is 14.8. The van der Waals surface area contributed by atoms with Crippen LogP contribution in [0.2, 0.25) is 0 Å². The van der Waals surface area contributed by atoms with E-state index >= 15 is 0 Å². The van der Waals surface area contributed by atoms with Crippen LogP contribution in [0.25, 0.3) is 22.2 Å². The molecule has 4 aromatic rings. The molecule has 1 aliphatic rings. The van der Waals surface area contributed by atoms with Crippen molar-refractivity contribution in [3.05, 3.63) is 78.4 Å². The highest BCUT2D eigenvalue weighted by atomic mass is 16.2. The van der Waals surface area contributed by atoms with Gasteiger partial charge < -0.3 is 9.80 Å². The summed E-state index contributed by atoms with van der Waals surface area (Å²) in [4.78, 5) is 17.6. The number of quaternary nitrogens is 1. The third kappa shape index (κ3) is 4.32. The van der Waals surface area contributed by atoms with E-state index in [1.807, 2.05) is 35.2 Å². The van der Waals surface area contributed by atoms with Crippen LogP contribution in [-0.2, 0) is 17.9 Å². The molecule has 1 saturated heterocycles. The number of hydrogen-bond donors (Lipinski definition) is 1. The van der Waals surface area contributed by atoms with Gasteiger partial charge in [0.1, 0.15) is 13.1 Å². The molecule has 1 fully saturated rings. The van der Waals surface area contributed by atoms with Gasteiger partial charge in [0.25, 0.3) is 0 Å². The second kappa shape index (κ2) is 8.65. The Labute approximate surface area is 180 Å². The van der Waals surface area contributed by atoms with Gasteiger partial charge in [-0.3, -0.25) is 4.79 Å². The Hall–Kier alpha value is -3.58. The van der Waals surface area contributed by atoms with Crippen LogP contribution in [0.15, 0.2) is 72.8 Å². The van der Waals surface area contributed by atoms with E-state index in [4.69, 9.17) is 0 Å². The van der Waals surface area contributed by atoms with Crippen LogP contribution in [0.1, 0.15) is 5.56 Å². The monoisotopic (exact) mass is 413 g/mol. The fourth-order valence-electron chi connectivity index (χ4n) is 4.20. The summed E-state index contributed by atoms with van der Waals surface area (Å²) in [5.41, 5.74) is 2.26. The lowest BCUT2D eigenvalue weighted by Gasteiger charge is -2.32. The van der Waals surface area contributed by atoms with Crippen molar-refractivity contribution in [3.8, 4) is 11.4 Å². The van der Waals surface area contributed by atoms with Crippen molar-refractivity contribution in [3.63, 3.8) is 0 Å². The van der Waals surface area contributed by atoms with E-state index in [0.29, 0.717) is 5.82 Å². The highest BCUT2D eigenvalue weighted by Gasteiger charge is 2.25. The number of hydrogen-bond acceptors (Lipinski definition) is 4. The number of benzene rings is 3. The fourth-order valence-corrected chi connectivity index (χ4v) is 4.20. The molecule has 156 valence electrons. The molecule has 0 radical (unpaired) electrons. The Balaban J connectivity index is 1.17. The third-order valence-corrected chi connectivity index (χ3v) is 5.91. The van der Waals surface area contributed by atoms with Gasteiger partial charge in [0.2, 0.25) is 11.7 Å². The van der Waals surface area contributed by atoms with Crippen molar-refractivity contribution in [1.29, 1.82) is 0 Å². The van der Waals surface area contributed by atoms with Gasteiger partial charge >= 0.3 is 0 Å². The minimum absolute atomic E-state index is 0.0428. The predicted molar refractivity (Wildman–Crippen MR) is 118 cm³/mol. The topological polar surface area (TPSA) is 68.4 Å². The third-order valence-electron chi connectivity index (χ3n) is 5.91. The number of nitrogens with one attached hydrogen (secondary N) is 1. The van der Waals surface area contributed by atoms with E-state index in [2.05, 4.69) is 57.9 Å². The van der Waals surface area contributed by atoms with Gasteiger partial charge in [-0.1, -0.05) is 72.8 Å². The van der Waals surface area contributed by atoms with E-state index in [9.17, 15) is 4.79 Å². The van der Waals surface area contributed by atoms with Gasteiger partial charge in [0.15, 0.2) is 0 Å². The van der Waals surface area contributed by atoms with Gasteiger partial charge in [-0.05, 0) is 16.0 Å². The number of fused-ring (bicyclic) bond motifs is 1. The Morgan fingerprint density at radius 3 is 2.48 bits per heavy atom. The molecule has 0 spiro atoms. The molecule has 5 rings (SSSR count). The van der Waals surface area contributed by atoms with Gasteiger partial charge in [-0.25, -0.2) is 0 Å². The lowest BCUT2D eigenvalue weighted by atomic mass is 10.0. The second-order valence-corrected chi connectivity index (χ2v) is 7.96. The van der Waals surface area contributed by atoms with Crippen molar-refractivity contribution in [2.45, 2.75) is 13.1 Å². The zero-order valence-electron chi connectivity index (χ0n) is 17.3. The molecule has 1 N–H and O–H groups in total. The molecule has 1 amide bonds. The van der Waals surface area contributed by atoms with Gasteiger partial charge in [-0.2, -0.15) is 4.80 Å². The minimum atomic E-state index is 0.0428. The Morgan fingerprint density at radius 2 is 1.65 bits per heavy atom. The minimum Gasteiger partial charge on any atom is -0.330 e. The average molecular weight is 414 g/mol. The van der Waals surface area contributed by atoms with E-state index in [0.717, 1.165) is 38.3 Å². The number of carbonyl (C=O) groups excluding carboxylic acids is 1. The molecular formula is C24H25N6O+. The quantitative estimate of drug-likeness (QED) is 0.537. The van der Waals surface area contributed by atoms with Crippen molar-refractivity contribution < 1.29 is 9.69 Å². The van der Waals surface area contributed by atoms with E-state index < -0.39 is 0 Å². The van der Waals surface area contributed by atoms with Crippen molar-refractivity contribution in [2.75, 3.05) is 26.2 Å². The maximum atomic E-state index is 12.7. The number of aromatic nitrogens is 4. The lowest BCUT2D eigenvalue weighted by molar-refractivity contribution is -0.917. The Morgan fingerprint density at radius 1 is 0.903 bits per heavy atom. The number of piperazine rings is 1. The zero-order chi connectivity index (χ0) is 21.0. The first-order valence-electron chi connectivity index (χ1n) is 10.7. The average Bonchev–Trinajstić information content (AvgIpc) is 3.29. The maximum absolute atomic E-state index is 12.7. The Kier molecular flexibility index (Phi) is 5.41. The van der Waals surface area contributed by atoms with Gasteiger partial charge in [-0.15, -0.1) is 10.2 Å². The summed E-state index contributed by atoms with van der Waals surface area (Å²) >= 11 is 0. The molecule has 0 unspecified atom stereocenters. The summed E-state index contributed by atoms with van der Waals surface area (Å²) < 4.78 is 0. The molecule has 1 aliphatic heterocycles. The first-order chi connectivity index (χ1) is 15.3. The van der Waals surface area contributed by atoms with Crippen LogP contribution >= 0.6 is 0 Å². The molecule has 2 heterocycles. The molecule has 3 aromatic carbocycles. The van der Waals surface area contributed by atoms with Crippen molar-refractivity contribution >= 4 is 16.7 Å². The van der Waals surface area contributed by atoms with Crippen molar-refractivity contribution in [1.82, 2.24) is 25.1 Å². The maximum Gasteiger partial charge on any atom is 0.246 e. The molecule has 31 heavy (non-hydrogen) atoms. The molecule has 0 aliphatic carbocycles. The molecular weight excluding hydrogens is 388 g/mol. The van der Waals surface area contributed by atoms with Crippen LogP contribution in [0, 0.1) is 0 Å². The standard InChI is InChI=1S/C24H24N6O/c31-23(18-30-26-24(25-27-30)20-8-2-1-3-9-20)29-15-13-28(14-16-29)17-21-11-6-10-19-7-4-5-12-22(19)21/h1-12H,13-18H2/p+1. The zero-order valence-corrected chi connectivity index (χ0v) is 17.3. The first-order valence-corrected chi connectivity index (χ1v) is 10.7. The van der Waals surface area contributed by atoms with E-state index in [1.165, 1.54) is 26.0 Å². The summed E-state index contributed by atoms with van der Waals surface area (Å²) in [6.07, 6.45) is 0. The molecule has 0 bridgehead atoms. The van der Waals surface area contributed by atoms with Crippen LogP contribution in [0.5, 0.6) is 0 Å². The molecule has 1 aromatic heterocycles. The number of nitrogens with zero attached hydrogens (tertiary/aromatic N) is 5. The number of carbonyl (C=O) groups is 1. The summed E-state index contributed by atoms with van der Waals surface area (Å²) in [6.45, 7) is 4.48. The predicted octanol–water partition coefficient (Wildman–Crippen LogP) is 1.42. The SMILES string of the molecule is O=C(Cn1nnc(-c2ccccc2)n1)N1CC[NH+](Cc2cccc3ccccc23)CC1. The summed E-state index contributed by atoms with van der Waals surface area (Å²) in [6, 6.07) is 24.7. The highest BCUT2D eigenvalue weighted by molar-refractivity contribution is 5.85. The smallest absolute Gasteiger partial charge is 0.246 e. The summed E-state index contributed by atoms with van der Waals surface area (Å²) in [5, 5.41) is 15.1. The van der Waals surface area contributed by atoms with Gasteiger partial charge in [0, 0.05) is 11.1 Å². The highest BCUT2D eigenvalue weighted by Crippen LogP contribution is 2.17. The molecule has 7 nitrogen and oxygen atoms in total. The number of rotatable bonds is 5. The summed E-state index contributed by atoms with van der Waals surface area (Å²) in [7, 11) is 0. The summed E-state index contributed by atoms with van der Waals surface area (Å²) in [5.74, 6) is 0.582. The van der Waals surface area contributed by atoms with E-state index in [1.54, 1.807) is 0 Å². The first kappa shape index (κ1) is 19.4. The van der Waals surface area contributed by atoms with Crippen LogP contribution in [-0.4, -0.2) is 57.2 Å². The fraction of sp³-hybridized carbons (Fsp3) is 0.250. The molecule has 0 saturated carbocycles. The lowest BCUT2D eigenvalue weighted by Crippen LogP contribution is -3.13. The largest absolute Gasteiger partial charge is 0.330 e. The van der Waals surface area contributed by atoms with Gasteiger partial charge in [0.05, 0.1) is 26.2 Å². The van der Waals surface area contributed by atoms with E-state index in [-0.39, 0.29) is 12.5 Å². The van der Waals surface area contributed by atoms with Crippen LogP contribution in [0.4, 0.5) is 0 Å². The van der Waals surface area contributed by atoms with Crippen LogP contribution in [0.3, 0.4) is 0 Å². The molecule has 0 atom stereocenters. The van der Waals surface area contributed by atoms with Crippen molar-refractivity contribution in [2.24, 2.45) is 0 Å². The number of amides is 1. The second-order valence-electron chi connectivity index (χ2n) is 7.96. The number of tetrazole rings is 1.